The first-order valence-corrected chi connectivity index (χ1v) is 7.36. The molecule has 0 aliphatic rings. The number of amides is 1. The molecule has 2 aromatic carbocycles. The third kappa shape index (κ3) is 4.26. The summed E-state index contributed by atoms with van der Waals surface area (Å²) in [6.07, 6.45) is -2.79. The van der Waals surface area contributed by atoms with Gasteiger partial charge in [-0.3, -0.25) is 9.78 Å². The van der Waals surface area contributed by atoms with Crippen LogP contribution in [-0.2, 0) is 11.0 Å². The number of aromatic nitrogens is 1. The maximum Gasteiger partial charge on any atom is 0.416 e. The van der Waals surface area contributed by atoms with Crippen LogP contribution in [0, 0.1) is 0 Å². The molecule has 25 heavy (non-hydrogen) atoms. The van der Waals surface area contributed by atoms with Crippen LogP contribution in [0.2, 0.25) is 0 Å². The van der Waals surface area contributed by atoms with Crippen LogP contribution >= 0.6 is 0 Å². The summed E-state index contributed by atoms with van der Waals surface area (Å²) in [6.45, 7) is -0.317. The smallest absolute Gasteiger partial charge is 0.416 e. The van der Waals surface area contributed by atoms with Crippen molar-refractivity contribution in [2.75, 3.05) is 11.9 Å². The van der Waals surface area contributed by atoms with Gasteiger partial charge in [-0.2, -0.15) is 13.2 Å². The van der Waals surface area contributed by atoms with Crippen molar-refractivity contribution in [3.05, 3.63) is 66.4 Å². The lowest BCUT2D eigenvalue weighted by Gasteiger charge is -2.10. The number of anilines is 1. The Morgan fingerprint density at radius 2 is 1.92 bits per heavy atom. The number of hydrogen-bond acceptors (Lipinski definition) is 3. The predicted octanol–water partition coefficient (Wildman–Crippen LogP) is 4.27. The molecule has 1 aromatic heterocycles. The summed E-state index contributed by atoms with van der Waals surface area (Å²) in [4.78, 5) is 16.1. The van der Waals surface area contributed by atoms with E-state index in [1.807, 2.05) is 6.07 Å². The Bertz CT molecular complexity index is 910. The Morgan fingerprint density at radius 1 is 1.08 bits per heavy atom. The van der Waals surface area contributed by atoms with Crippen molar-refractivity contribution in [2.24, 2.45) is 0 Å². The number of alkyl halides is 3. The predicted molar refractivity (Wildman–Crippen MR) is 87.3 cm³/mol. The average Bonchev–Trinajstić information content (AvgIpc) is 2.59. The lowest BCUT2D eigenvalue weighted by atomic mass is 10.2. The van der Waals surface area contributed by atoms with Crippen LogP contribution in [0.15, 0.2) is 60.8 Å². The highest BCUT2D eigenvalue weighted by Crippen LogP contribution is 2.30. The van der Waals surface area contributed by atoms with Crippen molar-refractivity contribution in [1.29, 1.82) is 0 Å². The summed E-state index contributed by atoms with van der Waals surface area (Å²) in [5.74, 6) is -0.0784. The largest absolute Gasteiger partial charge is 0.484 e. The van der Waals surface area contributed by atoms with Gasteiger partial charge in [-0.15, -0.1) is 0 Å². The molecule has 0 saturated heterocycles. The summed E-state index contributed by atoms with van der Waals surface area (Å²) in [6, 6.07) is 13.2. The van der Waals surface area contributed by atoms with Crippen LogP contribution in [0.1, 0.15) is 5.56 Å². The number of nitrogens with zero attached hydrogens (tertiary/aromatic N) is 1. The first-order chi connectivity index (χ1) is 11.9. The van der Waals surface area contributed by atoms with Crippen molar-refractivity contribution in [1.82, 2.24) is 4.98 Å². The van der Waals surface area contributed by atoms with E-state index in [-0.39, 0.29) is 12.3 Å². The van der Waals surface area contributed by atoms with E-state index in [2.05, 4.69) is 10.3 Å². The van der Waals surface area contributed by atoms with Gasteiger partial charge in [0.2, 0.25) is 0 Å². The molecule has 1 heterocycles. The summed E-state index contributed by atoms with van der Waals surface area (Å²) in [7, 11) is 0. The molecule has 0 aliphatic heterocycles. The van der Waals surface area contributed by atoms with E-state index >= 15 is 0 Å². The van der Waals surface area contributed by atoms with E-state index in [0.29, 0.717) is 5.75 Å². The van der Waals surface area contributed by atoms with Crippen molar-refractivity contribution in [2.45, 2.75) is 6.18 Å². The van der Waals surface area contributed by atoms with Crippen LogP contribution in [0.4, 0.5) is 18.9 Å². The molecule has 0 fully saturated rings. The fraction of sp³-hybridized carbons (Fsp3) is 0.111. The zero-order chi connectivity index (χ0) is 17.9. The van der Waals surface area contributed by atoms with Crippen molar-refractivity contribution >= 4 is 22.5 Å². The number of nitrogens with one attached hydrogen (secondary N) is 1. The van der Waals surface area contributed by atoms with Crippen LogP contribution in [0.25, 0.3) is 10.9 Å². The zero-order valence-corrected chi connectivity index (χ0v) is 12.9. The molecule has 3 aromatic rings. The van der Waals surface area contributed by atoms with E-state index in [1.165, 1.54) is 12.1 Å². The highest BCUT2D eigenvalue weighted by Gasteiger charge is 2.30. The number of ether oxygens (including phenoxy) is 1. The topological polar surface area (TPSA) is 51.2 Å². The Kier molecular flexibility index (Phi) is 4.56. The second-order valence-corrected chi connectivity index (χ2v) is 5.27. The van der Waals surface area contributed by atoms with E-state index in [1.54, 1.807) is 30.5 Å². The molecular weight excluding hydrogens is 333 g/mol. The van der Waals surface area contributed by atoms with Crippen LogP contribution in [0.3, 0.4) is 0 Å². The molecule has 0 saturated carbocycles. The fourth-order valence-corrected chi connectivity index (χ4v) is 2.26. The number of halogens is 3. The second kappa shape index (κ2) is 6.80. The van der Waals surface area contributed by atoms with Crippen LogP contribution in [0.5, 0.6) is 5.75 Å². The van der Waals surface area contributed by atoms with Gasteiger partial charge in [0.1, 0.15) is 5.75 Å². The fourth-order valence-electron chi connectivity index (χ4n) is 2.26. The summed E-state index contributed by atoms with van der Waals surface area (Å²) in [5.41, 5.74) is 0.0302. The maximum absolute atomic E-state index is 12.7. The third-order valence-electron chi connectivity index (χ3n) is 3.42. The summed E-state index contributed by atoms with van der Waals surface area (Å²) < 4.78 is 43.4. The molecule has 1 N–H and O–H groups in total. The third-order valence-corrected chi connectivity index (χ3v) is 3.42. The van der Waals surface area contributed by atoms with Gasteiger partial charge in [-0.1, -0.05) is 12.1 Å². The minimum atomic E-state index is -4.46. The zero-order valence-electron chi connectivity index (χ0n) is 12.9. The monoisotopic (exact) mass is 346 g/mol. The minimum Gasteiger partial charge on any atom is -0.484 e. The molecule has 128 valence electrons. The molecule has 0 unspecified atom stereocenters. The normalized spacial score (nSPS) is 11.3. The van der Waals surface area contributed by atoms with Gasteiger partial charge in [-0.05, 0) is 42.5 Å². The first-order valence-electron chi connectivity index (χ1n) is 7.36. The summed E-state index contributed by atoms with van der Waals surface area (Å²) >= 11 is 0. The van der Waals surface area contributed by atoms with Crippen molar-refractivity contribution in [3.8, 4) is 5.75 Å². The molecule has 3 rings (SSSR count). The second-order valence-electron chi connectivity index (χ2n) is 5.27. The number of hydrogen-bond donors (Lipinski definition) is 1. The van der Waals surface area contributed by atoms with E-state index in [9.17, 15) is 18.0 Å². The molecule has 0 bridgehead atoms. The quantitative estimate of drug-likeness (QED) is 0.767. The van der Waals surface area contributed by atoms with Gasteiger partial charge in [0, 0.05) is 17.3 Å². The van der Waals surface area contributed by atoms with E-state index < -0.39 is 17.6 Å². The molecule has 4 nitrogen and oxygen atoms in total. The lowest BCUT2D eigenvalue weighted by Crippen LogP contribution is -2.20. The average molecular weight is 346 g/mol. The Morgan fingerprint density at radius 3 is 2.72 bits per heavy atom. The minimum absolute atomic E-state index is 0.0612. The SMILES string of the molecule is O=C(COc1ccc2ncccc2c1)Nc1cccc(C(F)(F)F)c1. The van der Waals surface area contributed by atoms with E-state index in [4.69, 9.17) is 4.74 Å². The number of carbonyl (C=O) groups excluding carboxylic acids is 1. The number of benzene rings is 2. The molecule has 0 radical (unpaired) electrons. The standard InChI is InChI=1S/C18H13F3N2O2/c19-18(20,21)13-4-1-5-14(10-13)23-17(24)11-25-15-6-7-16-12(9-15)3-2-8-22-16/h1-10H,11H2,(H,23,24). The summed E-state index contributed by atoms with van der Waals surface area (Å²) in [5, 5.41) is 3.25. The van der Waals surface area contributed by atoms with Crippen molar-refractivity contribution in [3.63, 3.8) is 0 Å². The van der Waals surface area contributed by atoms with Gasteiger partial charge in [-0.25, -0.2) is 0 Å². The molecule has 0 spiro atoms. The van der Waals surface area contributed by atoms with Crippen molar-refractivity contribution < 1.29 is 22.7 Å². The Labute approximate surface area is 141 Å². The lowest BCUT2D eigenvalue weighted by molar-refractivity contribution is -0.137. The Balaban J connectivity index is 1.62. The molecule has 0 atom stereocenters. The Hall–Kier alpha value is -3.09. The highest BCUT2D eigenvalue weighted by atomic mass is 19.4. The number of pyridine rings is 1. The van der Waals surface area contributed by atoms with Gasteiger partial charge >= 0.3 is 6.18 Å². The van der Waals surface area contributed by atoms with Gasteiger partial charge < -0.3 is 10.1 Å². The highest BCUT2D eigenvalue weighted by molar-refractivity contribution is 5.92. The molecular formula is C18H13F3N2O2. The number of rotatable bonds is 4. The molecule has 0 aliphatic carbocycles. The van der Waals surface area contributed by atoms with Gasteiger partial charge in [0.05, 0.1) is 11.1 Å². The van der Waals surface area contributed by atoms with Crippen LogP contribution in [-0.4, -0.2) is 17.5 Å². The van der Waals surface area contributed by atoms with E-state index in [0.717, 1.165) is 23.0 Å². The molecule has 7 heteroatoms. The first kappa shape index (κ1) is 16.8. The number of fused-ring (bicyclic) bond motifs is 1. The maximum atomic E-state index is 12.7. The van der Waals surface area contributed by atoms with Crippen LogP contribution < -0.4 is 10.1 Å². The number of carbonyl (C=O) groups is 1. The molecule has 1 amide bonds. The van der Waals surface area contributed by atoms with Gasteiger partial charge in [0.15, 0.2) is 6.61 Å². The van der Waals surface area contributed by atoms with Gasteiger partial charge in [0.25, 0.3) is 5.91 Å².